The summed E-state index contributed by atoms with van der Waals surface area (Å²) in [5, 5.41) is 10.8. The number of benzene rings is 2. The van der Waals surface area contributed by atoms with Gasteiger partial charge in [-0.15, -0.1) is 0 Å². The second-order valence-electron chi connectivity index (χ2n) is 5.91. The van der Waals surface area contributed by atoms with Crippen molar-refractivity contribution in [3.8, 4) is 16.9 Å². The van der Waals surface area contributed by atoms with Gasteiger partial charge in [-0.2, -0.15) is 0 Å². The third kappa shape index (κ3) is 2.13. The summed E-state index contributed by atoms with van der Waals surface area (Å²) in [6.07, 6.45) is 1.48. The second kappa shape index (κ2) is 5.17. The molecular weight excluding hydrogens is 260 g/mol. The molecule has 2 saturated heterocycles. The molecule has 0 saturated carbocycles. The van der Waals surface area contributed by atoms with Crippen molar-refractivity contribution in [2.75, 3.05) is 26.2 Å². The van der Waals surface area contributed by atoms with Gasteiger partial charge in [0.15, 0.2) is 0 Å². The zero-order chi connectivity index (χ0) is 14.2. The quantitative estimate of drug-likeness (QED) is 0.916. The first-order valence-corrected chi connectivity index (χ1v) is 7.70. The van der Waals surface area contributed by atoms with Crippen molar-refractivity contribution in [2.24, 2.45) is 0 Å². The van der Waals surface area contributed by atoms with E-state index in [4.69, 9.17) is 0 Å². The van der Waals surface area contributed by atoms with E-state index in [1.54, 1.807) is 0 Å². The molecule has 4 rings (SSSR count). The van der Waals surface area contributed by atoms with Crippen molar-refractivity contribution in [3.05, 3.63) is 54.1 Å². The maximum Gasteiger partial charge on any atom is 0.129 e. The standard InChI is InChI=1S/C18H20N2O/c21-17-15(14-6-2-1-3-7-14)8-4-9-16(17)18-19-10-5-11-20(18)13-12-19/h1-4,6-9,18,21H,5,10-13H2. The highest BCUT2D eigenvalue weighted by Crippen LogP contribution is 2.41. The van der Waals surface area contributed by atoms with E-state index < -0.39 is 0 Å². The Morgan fingerprint density at radius 2 is 1.52 bits per heavy atom. The third-order valence-corrected chi connectivity index (χ3v) is 4.69. The number of hydrogen-bond acceptors (Lipinski definition) is 3. The molecule has 0 aromatic heterocycles. The highest BCUT2D eigenvalue weighted by atomic mass is 16.3. The summed E-state index contributed by atoms with van der Waals surface area (Å²) in [5.74, 6) is 0.438. The monoisotopic (exact) mass is 280 g/mol. The van der Waals surface area contributed by atoms with Crippen LogP contribution in [0.3, 0.4) is 0 Å². The van der Waals surface area contributed by atoms with Gasteiger partial charge in [0, 0.05) is 37.3 Å². The molecule has 0 amide bonds. The third-order valence-electron chi connectivity index (χ3n) is 4.69. The Morgan fingerprint density at radius 1 is 0.810 bits per heavy atom. The van der Waals surface area contributed by atoms with E-state index in [0.717, 1.165) is 42.9 Å². The van der Waals surface area contributed by atoms with E-state index in [1.165, 1.54) is 6.42 Å². The van der Waals surface area contributed by atoms with Gasteiger partial charge in [-0.1, -0.05) is 48.5 Å². The van der Waals surface area contributed by atoms with Crippen molar-refractivity contribution in [1.82, 2.24) is 9.80 Å². The van der Waals surface area contributed by atoms with Gasteiger partial charge in [-0.25, -0.2) is 0 Å². The molecule has 108 valence electrons. The van der Waals surface area contributed by atoms with Crippen LogP contribution >= 0.6 is 0 Å². The Morgan fingerprint density at radius 3 is 2.24 bits per heavy atom. The van der Waals surface area contributed by atoms with Gasteiger partial charge in [0.25, 0.3) is 0 Å². The zero-order valence-electron chi connectivity index (χ0n) is 12.1. The smallest absolute Gasteiger partial charge is 0.129 e. The maximum absolute atomic E-state index is 10.8. The van der Waals surface area contributed by atoms with Crippen LogP contribution in [0.4, 0.5) is 0 Å². The minimum atomic E-state index is 0.252. The van der Waals surface area contributed by atoms with Crippen LogP contribution in [0.5, 0.6) is 5.75 Å². The minimum Gasteiger partial charge on any atom is -0.507 e. The summed E-state index contributed by atoms with van der Waals surface area (Å²) in [6, 6.07) is 16.3. The molecular formula is C18H20N2O. The number of hydrogen-bond donors (Lipinski definition) is 1. The fourth-order valence-electron chi connectivity index (χ4n) is 3.69. The van der Waals surface area contributed by atoms with E-state index in [9.17, 15) is 5.11 Å². The highest BCUT2D eigenvalue weighted by molar-refractivity contribution is 5.72. The molecule has 2 unspecified atom stereocenters. The van der Waals surface area contributed by atoms with Crippen molar-refractivity contribution in [3.63, 3.8) is 0 Å². The first-order chi connectivity index (χ1) is 10.3. The van der Waals surface area contributed by atoms with Crippen LogP contribution < -0.4 is 0 Å². The van der Waals surface area contributed by atoms with E-state index in [2.05, 4.69) is 34.1 Å². The van der Waals surface area contributed by atoms with Crippen molar-refractivity contribution in [1.29, 1.82) is 0 Å². The average Bonchev–Trinajstić information content (AvgIpc) is 2.77. The molecule has 2 aromatic carbocycles. The molecule has 0 aliphatic carbocycles. The molecule has 21 heavy (non-hydrogen) atoms. The summed E-state index contributed by atoms with van der Waals surface area (Å²) in [4.78, 5) is 4.96. The van der Waals surface area contributed by atoms with Gasteiger partial charge in [0.1, 0.15) is 5.75 Å². The van der Waals surface area contributed by atoms with Crippen molar-refractivity contribution < 1.29 is 5.11 Å². The van der Waals surface area contributed by atoms with Crippen LogP contribution in [-0.2, 0) is 0 Å². The Labute approximate surface area is 125 Å². The Balaban J connectivity index is 1.77. The predicted molar refractivity (Wildman–Crippen MR) is 84.0 cm³/mol. The molecule has 3 nitrogen and oxygen atoms in total. The van der Waals surface area contributed by atoms with Crippen LogP contribution in [0.25, 0.3) is 11.1 Å². The molecule has 2 bridgehead atoms. The number of phenolic OH excluding ortho intramolecular Hbond substituents is 1. The maximum atomic E-state index is 10.8. The Hall–Kier alpha value is -1.84. The molecule has 2 aliphatic rings. The van der Waals surface area contributed by atoms with Gasteiger partial charge >= 0.3 is 0 Å². The summed E-state index contributed by atoms with van der Waals surface area (Å²) in [6.45, 7) is 4.49. The summed E-state index contributed by atoms with van der Waals surface area (Å²) in [7, 11) is 0. The molecule has 2 heterocycles. The molecule has 2 atom stereocenters. The number of nitrogens with zero attached hydrogens (tertiary/aromatic N) is 2. The van der Waals surface area contributed by atoms with Gasteiger partial charge in [-0.05, 0) is 12.0 Å². The lowest BCUT2D eigenvalue weighted by Crippen LogP contribution is -2.38. The van der Waals surface area contributed by atoms with Crippen molar-refractivity contribution in [2.45, 2.75) is 12.6 Å². The lowest BCUT2D eigenvalue weighted by molar-refractivity contribution is 0.0907. The molecule has 1 N–H and O–H groups in total. The SMILES string of the molecule is Oc1c(-c2ccccc2)cccc1C1N2CCCN1CC2. The van der Waals surface area contributed by atoms with Gasteiger partial charge in [0.2, 0.25) is 0 Å². The lowest BCUT2D eigenvalue weighted by atomic mass is 9.99. The van der Waals surface area contributed by atoms with Gasteiger partial charge in [0.05, 0.1) is 6.17 Å². The molecule has 0 radical (unpaired) electrons. The van der Waals surface area contributed by atoms with E-state index in [1.807, 2.05) is 24.3 Å². The second-order valence-corrected chi connectivity index (χ2v) is 5.91. The number of rotatable bonds is 2. The molecule has 2 aliphatic heterocycles. The summed E-state index contributed by atoms with van der Waals surface area (Å²) in [5.41, 5.74) is 3.05. The van der Waals surface area contributed by atoms with Crippen LogP contribution in [0.15, 0.2) is 48.5 Å². The fraction of sp³-hybridized carbons (Fsp3) is 0.333. The topological polar surface area (TPSA) is 26.7 Å². The zero-order valence-corrected chi connectivity index (χ0v) is 12.1. The number of para-hydroxylation sites is 1. The summed E-state index contributed by atoms with van der Waals surface area (Å²) < 4.78 is 0. The van der Waals surface area contributed by atoms with Crippen LogP contribution in [0, 0.1) is 0 Å². The Bertz CT molecular complexity index is 625. The van der Waals surface area contributed by atoms with Crippen LogP contribution in [0.1, 0.15) is 18.2 Å². The molecule has 3 heteroatoms. The molecule has 2 aromatic rings. The first kappa shape index (κ1) is 12.9. The number of phenols is 1. The summed E-state index contributed by atoms with van der Waals surface area (Å²) >= 11 is 0. The largest absolute Gasteiger partial charge is 0.507 e. The minimum absolute atomic E-state index is 0.252. The van der Waals surface area contributed by atoms with Gasteiger partial charge in [-0.3, -0.25) is 9.80 Å². The molecule has 2 fully saturated rings. The van der Waals surface area contributed by atoms with Crippen LogP contribution in [-0.4, -0.2) is 41.1 Å². The predicted octanol–water partition coefficient (Wildman–Crippen LogP) is 3.08. The van der Waals surface area contributed by atoms with Crippen LogP contribution in [0.2, 0.25) is 0 Å². The fourth-order valence-corrected chi connectivity index (χ4v) is 3.69. The van der Waals surface area contributed by atoms with E-state index >= 15 is 0 Å². The van der Waals surface area contributed by atoms with E-state index in [-0.39, 0.29) is 6.17 Å². The lowest BCUT2D eigenvalue weighted by Gasteiger charge is -2.35. The normalized spacial score (nSPS) is 27.7. The number of aromatic hydroxyl groups is 1. The van der Waals surface area contributed by atoms with E-state index in [0.29, 0.717) is 5.75 Å². The first-order valence-electron chi connectivity index (χ1n) is 7.70. The highest BCUT2D eigenvalue weighted by Gasteiger charge is 2.37. The van der Waals surface area contributed by atoms with Gasteiger partial charge < -0.3 is 5.11 Å². The average molecular weight is 280 g/mol. The Kier molecular flexibility index (Phi) is 3.17. The van der Waals surface area contributed by atoms with Crippen molar-refractivity contribution >= 4 is 0 Å². The number of fused-ring (bicyclic) bond motifs is 2. The molecule has 0 spiro atoms.